The highest BCUT2D eigenvalue weighted by atomic mass is 35.5. The van der Waals surface area contributed by atoms with Crippen molar-refractivity contribution in [3.63, 3.8) is 0 Å². The van der Waals surface area contributed by atoms with Crippen LogP contribution in [0.25, 0.3) is 11.3 Å². The fraction of sp³-hybridized carbons (Fsp3) is 0.375. The third kappa shape index (κ3) is 3.22. The molecule has 1 aliphatic heterocycles. The van der Waals surface area contributed by atoms with Crippen molar-refractivity contribution in [2.24, 2.45) is 5.92 Å². The van der Waals surface area contributed by atoms with Gasteiger partial charge in [0.05, 0.1) is 18.4 Å². The van der Waals surface area contributed by atoms with E-state index in [1.54, 1.807) is 6.07 Å². The average molecular weight is 340 g/mol. The van der Waals surface area contributed by atoms with Crippen molar-refractivity contribution in [3.05, 3.63) is 35.2 Å². The molecule has 0 saturated heterocycles. The van der Waals surface area contributed by atoms with Crippen molar-refractivity contribution in [3.8, 4) is 17.0 Å². The van der Waals surface area contributed by atoms with Crippen molar-refractivity contribution in [2.75, 3.05) is 24.6 Å². The second-order valence-corrected chi connectivity index (χ2v) is 6.17. The minimum atomic E-state index is -0.652. The summed E-state index contributed by atoms with van der Waals surface area (Å²) in [6, 6.07) is 2.89. The summed E-state index contributed by atoms with van der Waals surface area (Å²) in [5.74, 6) is -0.597. The number of halogens is 3. The van der Waals surface area contributed by atoms with Gasteiger partial charge in [0.1, 0.15) is 12.3 Å². The van der Waals surface area contributed by atoms with Gasteiger partial charge >= 0.3 is 0 Å². The van der Waals surface area contributed by atoms with Gasteiger partial charge in [0, 0.05) is 12.1 Å². The van der Waals surface area contributed by atoms with Crippen molar-refractivity contribution in [1.82, 2.24) is 9.97 Å². The van der Waals surface area contributed by atoms with Crippen LogP contribution < -0.4 is 9.64 Å². The molecule has 0 atom stereocenters. The smallest absolute Gasteiger partial charge is 0.223 e. The van der Waals surface area contributed by atoms with Gasteiger partial charge in [-0.15, -0.1) is 0 Å². The minimum Gasteiger partial charge on any atom is -0.486 e. The predicted octanol–water partition coefficient (Wildman–Crippen LogP) is 3.93. The summed E-state index contributed by atoms with van der Waals surface area (Å²) in [6.07, 6.45) is 0.977. The number of aromatic nitrogens is 2. The molecule has 0 N–H and O–H groups in total. The molecule has 0 fully saturated rings. The van der Waals surface area contributed by atoms with E-state index in [0.717, 1.165) is 12.7 Å². The first-order valence-corrected chi connectivity index (χ1v) is 7.73. The molecular formula is C16H16ClF2N3O. The molecule has 7 heteroatoms. The highest BCUT2D eigenvalue weighted by Gasteiger charge is 2.24. The lowest BCUT2D eigenvalue weighted by molar-refractivity contribution is 0.289. The van der Waals surface area contributed by atoms with E-state index in [2.05, 4.69) is 23.8 Å². The lowest BCUT2D eigenvalue weighted by Gasteiger charge is -2.33. The summed E-state index contributed by atoms with van der Waals surface area (Å²) in [7, 11) is 0. The van der Waals surface area contributed by atoms with Crippen molar-refractivity contribution in [2.45, 2.75) is 13.8 Å². The van der Waals surface area contributed by atoms with E-state index >= 15 is 0 Å². The molecule has 3 rings (SSSR count). The normalized spacial score (nSPS) is 13.9. The second kappa shape index (κ2) is 6.28. The van der Waals surface area contributed by atoms with E-state index < -0.39 is 11.6 Å². The molecular weight excluding hydrogens is 324 g/mol. The number of nitrogens with zero attached hydrogens (tertiary/aromatic N) is 3. The van der Waals surface area contributed by atoms with E-state index in [1.165, 1.54) is 6.07 Å². The zero-order chi connectivity index (χ0) is 16.6. The lowest BCUT2D eigenvalue weighted by atomic mass is 10.1. The van der Waals surface area contributed by atoms with Crippen LogP contribution in [-0.2, 0) is 0 Å². The summed E-state index contributed by atoms with van der Waals surface area (Å²) >= 11 is 5.73. The van der Waals surface area contributed by atoms with Crippen LogP contribution in [0.2, 0.25) is 5.28 Å². The Bertz CT molecular complexity index is 740. The van der Waals surface area contributed by atoms with Crippen LogP contribution in [0.15, 0.2) is 18.3 Å². The molecule has 122 valence electrons. The van der Waals surface area contributed by atoms with E-state index in [0.29, 0.717) is 30.3 Å². The van der Waals surface area contributed by atoms with Gasteiger partial charge in [-0.1, -0.05) is 13.8 Å². The highest BCUT2D eigenvalue weighted by Crippen LogP contribution is 2.38. The zero-order valence-electron chi connectivity index (χ0n) is 12.8. The number of rotatable bonds is 3. The Labute approximate surface area is 138 Å². The molecule has 0 saturated carbocycles. The highest BCUT2D eigenvalue weighted by molar-refractivity contribution is 6.28. The summed E-state index contributed by atoms with van der Waals surface area (Å²) in [6.45, 7) is 6.00. The lowest BCUT2D eigenvalue weighted by Crippen LogP contribution is -2.35. The van der Waals surface area contributed by atoms with Gasteiger partial charge in [-0.05, 0) is 29.7 Å². The monoisotopic (exact) mass is 339 g/mol. The first-order chi connectivity index (χ1) is 11.0. The molecule has 4 nitrogen and oxygen atoms in total. The predicted molar refractivity (Wildman–Crippen MR) is 84.9 cm³/mol. The van der Waals surface area contributed by atoms with Crippen molar-refractivity contribution in [1.29, 1.82) is 0 Å². The van der Waals surface area contributed by atoms with Crippen molar-refractivity contribution >= 4 is 17.3 Å². The van der Waals surface area contributed by atoms with Gasteiger partial charge < -0.3 is 9.64 Å². The second-order valence-electron chi connectivity index (χ2n) is 5.83. The summed E-state index contributed by atoms with van der Waals surface area (Å²) in [5.41, 5.74) is 0.887. The Hall–Kier alpha value is -1.95. The minimum absolute atomic E-state index is 0.0261. The van der Waals surface area contributed by atoms with Gasteiger partial charge in [0.25, 0.3) is 0 Å². The Balaban J connectivity index is 2.11. The topological polar surface area (TPSA) is 38.2 Å². The SMILES string of the molecule is CC(C)CN1CCOc2c(F)cc(-c3nc(Cl)ncc3F)cc21. The molecule has 0 radical (unpaired) electrons. The molecule has 0 amide bonds. The van der Waals surface area contributed by atoms with Gasteiger partial charge in [0.2, 0.25) is 5.28 Å². The molecule has 0 bridgehead atoms. The average Bonchev–Trinajstić information content (AvgIpc) is 2.50. The molecule has 1 aliphatic rings. The van der Waals surface area contributed by atoms with Crippen molar-refractivity contribution < 1.29 is 13.5 Å². The van der Waals surface area contributed by atoms with E-state index in [-0.39, 0.29) is 16.7 Å². The molecule has 2 heterocycles. The molecule has 0 unspecified atom stereocenters. The fourth-order valence-electron chi connectivity index (χ4n) is 2.65. The maximum Gasteiger partial charge on any atom is 0.223 e. The third-order valence-electron chi connectivity index (χ3n) is 3.55. The number of anilines is 1. The summed E-state index contributed by atoms with van der Waals surface area (Å²) < 4.78 is 33.8. The summed E-state index contributed by atoms with van der Waals surface area (Å²) in [4.78, 5) is 9.49. The van der Waals surface area contributed by atoms with Gasteiger partial charge in [-0.3, -0.25) is 0 Å². The van der Waals surface area contributed by atoms with Crippen LogP contribution in [0.4, 0.5) is 14.5 Å². The fourth-order valence-corrected chi connectivity index (χ4v) is 2.78. The van der Waals surface area contributed by atoms with E-state index in [4.69, 9.17) is 16.3 Å². The molecule has 0 aliphatic carbocycles. The van der Waals surface area contributed by atoms with Gasteiger partial charge in [-0.25, -0.2) is 18.7 Å². The van der Waals surface area contributed by atoms with Crippen LogP contribution in [-0.4, -0.2) is 29.7 Å². The molecule has 1 aromatic carbocycles. The number of hydrogen-bond donors (Lipinski definition) is 0. The van der Waals surface area contributed by atoms with E-state index in [1.807, 2.05) is 4.90 Å². The first-order valence-electron chi connectivity index (χ1n) is 7.35. The van der Waals surface area contributed by atoms with Gasteiger partial charge in [0.15, 0.2) is 17.4 Å². The Morgan fingerprint density at radius 1 is 1.30 bits per heavy atom. The maximum atomic E-state index is 14.4. The largest absolute Gasteiger partial charge is 0.486 e. The van der Waals surface area contributed by atoms with E-state index in [9.17, 15) is 8.78 Å². The number of hydrogen-bond acceptors (Lipinski definition) is 4. The summed E-state index contributed by atoms with van der Waals surface area (Å²) in [5, 5.41) is -0.0881. The van der Waals surface area contributed by atoms with Crippen LogP contribution in [0.5, 0.6) is 5.75 Å². The molecule has 2 aromatic rings. The standard InChI is InChI=1S/C16H16ClF2N3O/c1-9(2)8-22-3-4-23-15-11(18)5-10(6-13(15)22)14-12(19)7-20-16(17)21-14/h5-7,9H,3-4,8H2,1-2H3. The quantitative estimate of drug-likeness (QED) is 0.794. The number of benzene rings is 1. The third-order valence-corrected chi connectivity index (χ3v) is 3.73. The number of fused-ring (bicyclic) bond motifs is 1. The van der Waals surface area contributed by atoms with Crippen LogP contribution in [0.3, 0.4) is 0 Å². The van der Waals surface area contributed by atoms with Crippen LogP contribution >= 0.6 is 11.6 Å². The Kier molecular flexibility index (Phi) is 4.35. The Morgan fingerprint density at radius 2 is 2.09 bits per heavy atom. The Morgan fingerprint density at radius 3 is 2.83 bits per heavy atom. The van der Waals surface area contributed by atoms with Gasteiger partial charge in [-0.2, -0.15) is 0 Å². The molecule has 0 spiro atoms. The maximum absolute atomic E-state index is 14.4. The molecule has 1 aromatic heterocycles. The number of ether oxygens (including phenoxy) is 1. The van der Waals surface area contributed by atoms with Crippen LogP contribution in [0.1, 0.15) is 13.8 Å². The molecule has 23 heavy (non-hydrogen) atoms. The first kappa shape index (κ1) is 15.9. The van der Waals surface area contributed by atoms with Crippen LogP contribution in [0, 0.1) is 17.6 Å². The zero-order valence-corrected chi connectivity index (χ0v) is 13.6.